The highest BCUT2D eigenvalue weighted by Crippen LogP contribution is 2.10. The summed E-state index contributed by atoms with van der Waals surface area (Å²) < 4.78 is 1.34. The predicted molar refractivity (Wildman–Crippen MR) is 68.8 cm³/mol. The van der Waals surface area contributed by atoms with Crippen LogP contribution in [0.1, 0.15) is 22.4 Å². The molecular weight excluding hydrogens is 226 g/mol. The van der Waals surface area contributed by atoms with E-state index in [2.05, 4.69) is 5.10 Å². The van der Waals surface area contributed by atoms with Gasteiger partial charge in [0, 0.05) is 5.56 Å². The number of hydrogen-bond donors (Lipinski definition) is 0. The lowest BCUT2D eigenvalue weighted by Crippen LogP contribution is -2.25. The van der Waals surface area contributed by atoms with Gasteiger partial charge in [0.2, 0.25) is 0 Å². The van der Waals surface area contributed by atoms with E-state index in [1.54, 1.807) is 13.8 Å². The van der Waals surface area contributed by atoms with Gasteiger partial charge in [-0.3, -0.25) is 4.79 Å². The number of nitrogens with zero attached hydrogens (tertiary/aromatic N) is 3. The number of aryl methyl sites for hydroxylation is 2. The molecule has 2 aromatic rings. The largest absolute Gasteiger partial charge is 0.275 e. The van der Waals surface area contributed by atoms with Gasteiger partial charge in [-0.25, -0.2) is 0 Å². The topological polar surface area (TPSA) is 58.7 Å². The Hall–Kier alpha value is -2.41. The monoisotopic (exact) mass is 239 g/mol. The minimum Gasteiger partial charge on any atom is -0.267 e. The summed E-state index contributed by atoms with van der Waals surface area (Å²) in [5.41, 5.74) is 2.94. The molecule has 0 fully saturated rings. The van der Waals surface area contributed by atoms with Crippen molar-refractivity contribution in [2.24, 2.45) is 0 Å². The van der Waals surface area contributed by atoms with Crippen molar-refractivity contribution in [1.29, 1.82) is 5.26 Å². The van der Waals surface area contributed by atoms with Crippen molar-refractivity contribution in [3.8, 4) is 11.8 Å². The maximum absolute atomic E-state index is 12.1. The molecule has 0 saturated heterocycles. The second-order valence-electron chi connectivity index (χ2n) is 4.25. The lowest BCUT2D eigenvalue weighted by atomic mass is 10.1. The Bertz CT molecular complexity index is 691. The van der Waals surface area contributed by atoms with Crippen molar-refractivity contribution in [2.75, 3.05) is 0 Å². The second-order valence-corrected chi connectivity index (χ2v) is 4.25. The molecule has 0 bridgehead atoms. The molecule has 0 saturated carbocycles. The fraction of sp³-hybridized carbons (Fsp3) is 0.214. The summed E-state index contributed by atoms with van der Waals surface area (Å²) in [6.07, 6.45) is 0. The summed E-state index contributed by atoms with van der Waals surface area (Å²) >= 11 is 0. The SMILES string of the molecule is Cc1ccc(-n2nc(C)c(C#N)c(C)c2=O)cc1. The quantitative estimate of drug-likeness (QED) is 0.765. The fourth-order valence-corrected chi connectivity index (χ4v) is 1.81. The van der Waals surface area contributed by atoms with Crippen LogP contribution in [0.5, 0.6) is 0 Å². The Morgan fingerprint density at radius 3 is 2.33 bits per heavy atom. The molecule has 0 radical (unpaired) electrons. The molecular formula is C14H13N3O. The molecule has 0 aliphatic heterocycles. The van der Waals surface area contributed by atoms with Gasteiger partial charge in [0.1, 0.15) is 6.07 Å². The smallest absolute Gasteiger partial charge is 0.267 e. The van der Waals surface area contributed by atoms with Crippen LogP contribution in [0.25, 0.3) is 5.69 Å². The van der Waals surface area contributed by atoms with Crippen LogP contribution >= 0.6 is 0 Å². The molecule has 0 atom stereocenters. The van der Waals surface area contributed by atoms with Gasteiger partial charge in [-0.2, -0.15) is 15.0 Å². The molecule has 1 aromatic carbocycles. The summed E-state index contributed by atoms with van der Waals surface area (Å²) in [5.74, 6) is 0. The lowest BCUT2D eigenvalue weighted by molar-refractivity contribution is 0.771. The summed E-state index contributed by atoms with van der Waals surface area (Å²) in [6, 6.07) is 9.55. The molecule has 2 rings (SSSR count). The van der Waals surface area contributed by atoms with Crippen molar-refractivity contribution in [3.05, 3.63) is 57.0 Å². The third-order valence-electron chi connectivity index (χ3n) is 2.89. The van der Waals surface area contributed by atoms with Crippen molar-refractivity contribution < 1.29 is 0 Å². The number of nitriles is 1. The molecule has 0 aliphatic carbocycles. The summed E-state index contributed by atoms with van der Waals surface area (Å²) in [7, 11) is 0. The fourth-order valence-electron chi connectivity index (χ4n) is 1.81. The van der Waals surface area contributed by atoms with Crippen LogP contribution < -0.4 is 5.56 Å². The van der Waals surface area contributed by atoms with Gasteiger partial charge in [0.05, 0.1) is 16.9 Å². The van der Waals surface area contributed by atoms with Gasteiger partial charge in [-0.15, -0.1) is 0 Å². The van der Waals surface area contributed by atoms with E-state index < -0.39 is 0 Å². The Kier molecular flexibility index (Phi) is 2.99. The van der Waals surface area contributed by atoms with E-state index in [0.29, 0.717) is 22.5 Å². The first-order chi connectivity index (χ1) is 8.54. The van der Waals surface area contributed by atoms with E-state index in [-0.39, 0.29) is 5.56 Å². The molecule has 0 unspecified atom stereocenters. The van der Waals surface area contributed by atoms with Crippen LogP contribution in [0.4, 0.5) is 0 Å². The van der Waals surface area contributed by atoms with Crippen LogP contribution in [0.15, 0.2) is 29.1 Å². The summed E-state index contributed by atoms with van der Waals surface area (Å²) in [4.78, 5) is 12.1. The second kappa shape index (κ2) is 4.46. The molecule has 1 aromatic heterocycles. The Balaban J connectivity index is 2.71. The first-order valence-electron chi connectivity index (χ1n) is 5.62. The van der Waals surface area contributed by atoms with Crippen LogP contribution in [0, 0.1) is 32.1 Å². The average molecular weight is 239 g/mol. The lowest BCUT2D eigenvalue weighted by Gasteiger charge is -2.08. The normalized spacial score (nSPS) is 10.1. The van der Waals surface area contributed by atoms with Crippen molar-refractivity contribution >= 4 is 0 Å². The number of benzene rings is 1. The molecule has 0 N–H and O–H groups in total. The molecule has 90 valence electrons. The molecule has 0 spiro atoms. The van der Waals surface area contributed by atoms with Gasteiger partial charge >= 0.3 is 0 Å². The summed E-state index contributed by atoms with van der Waals surface area (Å²) in [5, 5.41) is 13.2. The zero-order valence-electron chi connectivity index (χ0n) is 10.6. The van der Waals surface area contributed by atoms with Crippen LogP contribution in [0.3, 0.4) is 0 Å². The summed E-state index contributed by atoms with van der Waals surface area (Å²) in [6.45, 7) is 5.37. The van der Waals surface area contributed by atoms with Crippen molar-refractivity contribution in [2.45, 2.75) is 20.8 Å². The molecule has 0 amide bonds. The molecule has 0 aliphatic rings. The highest BCUT2D eigenvalue weighted by molar-refractivity contribution is 5.41. The van der Waals surface area contributed by atoms with Gasteiger partial charge in [-0.05, 0) is 32.9 Å². The number of aromatic nitrogens is 2. The third kappa shape index (κ3) is 1.91. The molecule has 4 nitrogen and oxygen atoms in total. The Morgan fingerprint density at radius 1 is 1.17 bits per heavy atom. The average Bonchev–Trinajstić information content (AvgIpc) is 2.36. The zero-order valence-corrected chi connectivity index (χ0v) is 10.6. The van der Waals surface area contributed by atoms with E-state index in [9.17, 15) is 4.79 Å². The first kappa shape index (κ1) is 12.1. The van der Waals surface area contributed by atoms with Gasteiger partial charge in [-0.1, -0.05) is 17.7 Å². The minimum atomic E-state index is -0.249. The van der Waals surface area contributed by atoms with Crippen LogP contribution in [-0.4, -0.2) is 9.78 Å². The highest BCUT2D eigenvalue weighted by atomic mass is 16.1. The Labute approximate surface area is 105 Å². The van der Waals surface area contributed by atoms with E-state index in [1.807, 2.05) is 37.3 Å². The van der Waals surface area contributed by atoms with Crippen LogP contribution in [0.2, 0.25) is 0 Å². The van der Waals surface area contributed by atoms with Gasteiger partial charge in [0.25, 0.3) is 5.56 Å². The Morgan fingerprint density at radius 2 is 1.78 bits per heavy atom. The van der Waals surface area contributed by atoms with E-state index in [4.69, 9.17) is 5.26 Å². The molecule has 4 heteroatoms. The third-order valence-corrected chi connectivity index (χ3v) is 2.89. The maximum atomic E-state index is 12.1. The standard InChI is InChI=1S/C14H13N3O/c1-9-4-6-12(7-5-9)17-14(18)10(2)13(8-15)11(3)16-17/h4-7H,1-3H3. The zero-order chi connectivity index (χ0) is 13.3. The van der Waals surface area contributed by atoms with E-state index in [0.717, 1.165) is 5.56 Å². The number of rotatable bonds is 1. The van der Waals surface area contributed by atoms with Crippen molar-refractivity contribution in [1.82, 2.24) is 9.78 Å². The van der Waals surface area contributed by atoms with E-state index >= 15 is 0 Å². The van der Waals surface area contributed by atoms with Crippen molar-refractivity contribution in [3.63, 3.8) is 0 Å². The maximum Gasteiger partial charge on any atom is 0.275 e. The van der Waals surface area contributed by atoms with Gasteiger partial charge in [0.15, 0.2) is 0 Å². The predicted octanol–water partition coefficient (Wildman–Crippen LogP) is 2.03. The van der Waals surface area contributed by atoms with Crippen LogP contribution in [-0.2, 0) is 0 Å². The van der Waals surface area contributed by atoms with Gasteiger partial charge < -0.3 is 0 Å². The molecule has 18 heavy (non-hydrogen) atoms. The minimum absolute atomic E-state index is 0.249. The number of hydrogen-bond acceptors (Lipinski definition) is 3. The van der Waals surface area contributed by atoms with E-state index in [1.165, 1.54) is 4.68 Å². The highest BCUT2D eigenvalue weighted by Gasteiger charge is 2.11. The molecule has 1 heterocycles. The first-order valence-corrected chi connectivity index (χ1v) is 5.62.